The molecule has 0 spiro atoms. The molecular weight excluding hydrogens is 472 g/mol. The number of benzene rings is 2. The van der Waals surface area contributed by atoms with Gasteiger partial charge in [0.25, 0.3) is 0 Å². The van der Waals surface area contributed by atoms with Crippen LogP contribution in [0.1, 0.15) is 34.7 Å². The van der Waals surface area contributed by atoms with Gasteiger partial charge in [0.1, 0.15) is 0 Å². The maximum Gasteiger partial charge on any atom is 0.416 e. The monoisotopic (exact) mass is 496 g/mol. The first-order valence-electron chi connectivity index (χ1n) is 10.8. The Morgan fingerprint density at radius 1 is 1.15 bits per heavy atom. The molecule has 1 aliphatic heterocycles. The van der Waals surface area contributed by atoms with E-state index in [0.29, 0.717) is 39.6 Å². The summed E-state index contributed by atoms with van der Waals surface area (Å²) in [4.78, 5) is 6.85. The summed E-state index contributed by atoms with van der Waals surface area (Å²) >= 11 is 12.3. The minimum Gasteiger partial charge on any atom is -0.398 e. The molecule has 2 aromatic carbocycles. The molecule has 0 saturated heterocycles. The molecule has 0 fully saturated rings. The Labute approximate surface area is 200 Å². The smallest absolute Gasteiger partial charge is 0.398 e. The molecule has 176 valence electrons. The fraction of sp³-hybridized carbons (Fsp3) is 0.375. The van der Waals surface area contributed by atoms with Gasteiger partial charge in [-0.3, -0.25) is 9.88 Å². The van der Waals surface area contributed by atoms with Crippen LogP contribution in [0.25, 0.3) is 10.9 Å². The van der Waals surface area contributed by atoms with Gasteiger partial charge < -0.3 is 11.1 Å². The molecule has 0 bridgehead atoms. The summed E-state index contributed by atoms with van der Waals surface area (Å²) in [7, 11) is 1.92. The van der Waals surface area contributed by atoms with Crippen LogP contribution >= 0.6 is 23.2 Å². The predicted molar refractivity (Wildman–Crippen MR) is 128 cm³/mol. The van der Waals surface area contributed by atoms with Crippen molar-refractivity contribution in [3.05, 3.63) is 68.8 Å². The van der Waals surface area contributed by atoms with E-state index in [-0.39, 0.29) is 5.92 Å². The second-order valence-electron chi connectivity index (χ2n) is 8.42. The number of pyridine rings is 1. The van der Waals surface area contributed by atoms with Crippen LogP contribution in [0.4, 0.5) is 18.9 Å². The standard InChI is InChI=1S/C24H25Cl2F3N4/c1-31-12-15(14-2-5-19(25)20(26)10-14)6-8-33-9-7-21-18(13-33)23(30)17-4-3-16(24(27,28)29)11-22(17)32-21/h2-5,10-11,15,31H,6-9,12-13H2,1H3,(H2,30,32). The zero-order valence-corrected chi connectivity index (χ0v) is 19.7. The van der Waals surface area contributed by atoms with Crippen LogP contribution in [0.2, 0.25) is 10.0 Å². The second-order valence-corrected chi connectivity index (χ2v) is 9.24. The van der Waals surface area contributed by atoms with Crippen LogP contribution in [0.3, 0.4) is 0 Å². The number of halogens is 5. The molecule has 1 aromatic heterocycles. The van der Waals surface area contributed by atoms with E-state index in [9.17, 15) is 13.2 Å². The molecule has 0 saturated carbocycles. The summed E-state index contributed by atoms with van der Waals surface area (Å²) < 4.78 is 39.3. The lowest BCUT2D eigenvalue weighted by molar-refractivity contribution is -0.137. The average molecular weight is 497 g/mol. The predicted octanol–water partition coefficient (Wildman–Crippen LogP) is 5.89. The minimum atomic E-state index is -4.41. The van der Waals surface area contributed by atoms with Crippen molar-refractivity contribution in [1.82, 2.24) is 15.2 Å². The quantitative estimate of drug-likeness (QED) is 0.446. The molecule has 4 nitrogen and oxygen atoms in total. The van der Waals surface area contributed by atoms with Crippen molar-refractivity contribution >= 4 is 39.8 Å². The molecule has 0 aliphatic carbocycles. The molecule has 1 unspecified atom stereocenters. The average Bonchev–Trinajstić information content (AvgIpc) is 2.78. The van der Waals surface area contributed by atoms with Gasteiger partial charge in [-0.15, -0.1) is 0 Å². The lowest BCUT2D eigenvalue weighted by Gasteiger charge is -2.31. The number of nitrogen functional groups attached to an aromatic ring is 1. The molecule has 1 atom stereocenters. The Kier molecular flexibility index (Phi) is 7.05. The number of aromatic nitrogens is 1. The number of hydrogen-bond donors (Lipinski definition) is 2. The van der Waals surface area contributed by atoms with Crippen molar-refractivity contribution in [3.63, 3.8) is 0 Å². The number of rotatable bonds is 6. The maximum atomic E-state index is 13.1. The van der Waals surface area contributed by atoms with Crippen LogP contribution < -0.4 is 11.1 Å². The Balaban J connectivity index is 1.52. The number of hydrogen-bond acceptors (Lipinski definition) is 4. The molecule has 0 radical (unpaired) electrons. The van der Waals surface area contributed by atoms with Crippen molar-refractivity contribution < 1.29 is 13.2 Å². The van der Waals surface area contributed by atoms with E-state index in [1.54, 1.807) is 0 Å². The molecule has 9 heteroatoms. The lowest BCUT2D eigenvalue weighted by Crippen LogP contribution is -2.34. The highest BCUT2D eigenvalue weighted by molar-refractivity contribution is 6.42. The highest BCUT2D eigenvalue weighted by Crippen LogP contribution is 2.35. The lowest BCUT2D eigenvalue weighted by atomic mass is 9.94. The van der Waals surface area contributed by atoms with E-state index in [0.717, 1.165) is 55.0 Å². The van der Waals surface area contributed by atoms with E-state index < -0.39 is 11.7 Å². The number of fused-ring (bicyclic) bond motifs is 2. The summed E-state index contributed by atoms with van der Waals surface area (Å²) in [5.74, 6) is 0.263. The van der Waals surface area contributed by atoms with Crippen LogP contribution in [-0.4, -0.2) is 36.6 Å². The Morgan fingerprint density at radius 3 is 2.64 bits per heavy atom. The van der Waals surface area contributed by atoms with Gasteiger partial charge in [0, 0.05) is 48.4 Å². The van der Waals surface area contributed by atoms with Gasteiger partial charge in [-0.1, -0.05) is 35.3 Å². The normalized spacial score (nSPS) is 15.6. The summed E-state index contributed by atoms with van der Waals surface area (Å²) in [6, 6.07) is 9.31. The fourth-order valence-corrected chi connectivity index (χ4v) is 4.74. The zero-order chi connectivity index (χ0) is 23.8. The number of nitrogens with zero attached hydrogens (tertiary/aromatic N) is 2. The second kappa shape index (κ2) is 9.66. The highest BCUT2D eigenvalue weighted by Gasteiger charge is 2.31. The van der Waals surface area contributed by atoms with E-state index in [1.807, 2.05) is 25.2 Å². The number of likely N-dealkylation sites (N-methyl/N-ethyl adjacent to an activating group) is 1. The first kappa shape index (κ1) is 24.1. The number of anilines is 1. The number of nitrogens with two attached hydrogens (primary N) is 1. The van der Waals surface area contributed by atoms with Gasteiger partial charge >= 0.3 is 6.18 Å². The third kappa shape index (κ3) is 5.22. The van der Waals surface area contributed by atoms with Crippen LogP contribution in [-0.2, 0) is 19.1 Å². The molecule has 2 heterocycles. The van der Waals surface area contributed by atoms with Crippen LogP contribution in [0.5, 0.6) is 0 Å². The van der Waals surface area contributed by atoms with Crippen molar-refractivity contribution in [1.29, 1.82) is 0 Å². The van der Waals surface area contributed by atoms with Gasteiger partial charge in [0.05, 0.1) is 21.1 Å². The van der Waals surface area contributed by atoms with Crippen LogP contribution in [0.15, 0.2) is 36.4 Å². The summed E-state index contributed by atoms with van der Waals surface area (Å²) in [6.07, 6.45) is -2.85. The molecule has 33 heavy (non-hydrogen) atoms. The SMILES string of the molecule is CNCC(CCN1CCc2nc3cc(C(F)(F)F)ccc3c(N)c2C1)c1ccc(Cl)c(Cl)c1. The third-order valence-corrected chi connectivity index (χ3v) is 6.99. The third-order valence-electron chi connectivity index (χ3n) is 6.25. The van der Waals surface area contributed by atoms with Gasteiger partial charge in [0.2, 0.25) is 0 Å². The van der Waals surface area contributed by atoms with Gasteiger partial charge in [-0.25, -0.2) is 0 Å². The number of nitrogens with one attached hydrogen (secondary N) is 1. The summed E-state index contributed by atoms with van der Waals surface area (Å²) in [5, 5.41) is 4.88. The molecular formula is C24H25Cl2F3N4. The van der Waals surface area contributed by atoms with Crippen molar-refractivity contribution in [2.24, 2.45) is 0 Å². The van der Waals surface area contributed by atoms with Gasteiger partial charge in [-0.05, 0) is 55.8 Å². The maximum absolute atomic E-state index is 13.1. The fourth-order valence-electron chi connectivity index (χ4n) is 4.44. The highest BCUT2D eigenvalue weighted by atomic mass is 35.5. The first-order chi connectivity index (χ1) is 15.7. The first-order valence-corrected chi connectivity index (χ1v) is 11.5. The van der Waals surface area contributed by atoms with E-state index in [4.69, 9.17) is 28.9 Å². The molecule has 1 aliphatic rings. The zero-order valence-electron chi connectivity index (χ0n) is 18.1. The van der Waals surface area contributed by atoms with Crippen molar-refractivity contribution in [3.8, 4) is 0 Å². The van der Waals surface area contributed by atoms with Gasteiger partial charge in [-0.2, -0.15) is 13.2 Å². The largest absolute Gasteiger partial charge is 0.416 e. The molecule has 3 N–H and O–H groups in total. The molecule has 4 rings (SSSR count). The Bertz CT molecular complexity index is 1170. The topological polar surface area (TPSA) is 54.2 Å². The number of alkyl halides is 3. The van der Waals surface area contributed by atoms with Crippen LogP contribution in [0, 0.1) is 0 Å². The van der Waals surface area contributed by atoms with E-state index in [2.05, 4.69) is 15.2 Å². The van der Waals surface area contributed by atoms with E-state index >= 15 is 0 Å². The van der Waals surface area contributed by atoms with Crippen molar-refractivity contribution in [2.75, 3.05) is 32.4 Å². The molecule has 0 amide bonds. The summed E-state index contributed by atoms with van der Waals surface area (Å²) in [6.45, 7) is 3.05. The minimum absolute atomic E-state index is 0.263. The Hall–Kier alpha value is -2.06. The molecule has 3 aromatic rings. The van der Waals surface area contributed by atoms with E-state index in [1.165, 1.54) is 6.07 Å². The summed E-state index contributed by atoms with van der Waals surface area (Å²) in [5.41, 5.74) is 9.33. The van der Waals surface area contributed by atoms with Crippen molar-refractivity contribution in [2.45, 2.75) is 31.5 Å². The Morgan fingerprint density at radius 2 is 1.94 bits per heavy atom. The van der Waals surface area contributed by atoms with Gasteiger partial charge in [0.15, 0.2) is 0 Å².